The summed E-state index contributed by atoms with van der Waals surface area (Å²) in [5.41, 5.74) is 2.07. The zero-order valence-electron chi connectivity index (χ0n) is 12.5. The van der Waals surface area contributed by atoms with Crippen molar-refractivity contribution in [2.24, 2.45) is 0 Å². The summed E-state index contributed by atoms with van der Waals surface area (Å²) < 4.78 is 23.4. The molecule has 0 spiro atoms. The Hall–Kier alpha value is -2.95. The second-order valence-electron chi connectivity index (χ2n) is 4.99. The molecule has 2 aromatic carbocycles. The molecule has 2 aromatic rings. The Morgan fingerprint density at radius 2 is 1.83 bits per heavy atom. The first-order chi connectivity index (χ1) is 11.0. The summed E-state index contributed by atoms with van der Waals surface area (Å²) in [7, 11) is 0. The van der Waals surface area contributed by atoms with Gasteiger partial charge in [0, 0.05) is 0 Å². The fourth-order valence-electron chi connectivity index (χ4n) is 1.96. The van der Waals surface area contributed by atoms with Crippen molar-refractivity contribution in [2.45, 2.75) is 13.3 Å². The molecule has 0 fully saturated rings. The molecule has 0 unspecified atom stereocenters. The van der Waals surface area contributed by atoms with Gasteiger partial charge in [0.05, 0.1) is 6.42 Å². The predicted octanol–water partition coefficient (Wildman–Crippen LogP) is 3.90. The first-order valence-electron chi connectivity index (χ1n) is 6.85. The minimum Gasteiger partial charge on any atom is -0.426 e. The van der Waals surface area contributed by atoms with Crippen molar-refractivity contribution >= 4 is 12.4 Å². The number of hydrogen-bond acceptors (Lipinski definition) is 4. The Labute approximate surface area is 133 Å². The minimum absolute atomic E-state index is 0.130. The van der Waals surface area contributed by atoms with Crippen LogP contribution >= 0.6 is 0 Å². The van der Waals surface area contributed by atoms with Crippen LogP contribution in [-0.4, -0.2) is 12.4 Å². The van der Waals surface area contributed by atoms with Gasteiger partial charge in [0.2, 0.25) is 0 Å². The summed E-state index contributed by atoms with van der Waals surface area (Å²) in [6.45, 7) is 5.57. The van der Waals surface area contributed by atoms with E-state index in [-0.39, 0.29) is 24.6 Å². The van der Waals surface area contributed by atoms with E-state index in [1.165, 1.54) is 12.1 Å². The van der Waals surface area contributed by atoms with Gasteiger partial charge in [0.25, 0.3) is 6.47 Å². The predicted molar refractivity (Wildman–Crippen MR) is 83.6 cm³/mol. The summed E-state index contributed by atoms with van der Waals surface area (Å²) in [6, 6.07) is 10.9. The van der Waals surface area contributed by atoms with Crippen LogP contribution in [0.25, 0.3) is 11.1 Å². The van der Waals surface area contributed by atoms with E-state index in [9.17, 15) is 14.0 Å². The van der Waals surface area contributed by atoms with E-state index >= 15 is 0 Å². The molecule has 0 radical (unpaired) electrons. The molecule has 0 heterocycles. The summed E-state index contributed by atoms with van der Waals surface area (Å²) >= 11 is 0. The zero-order valence-corrected chi connectivity index (χ0v) is 12.5. The summed E-state index contributed by atoms with van der Waals surface area (Å²) in [5, 5.41) is 0. The molecule has 0 amide bonds. The molecule has 0 aliphatic heterocycles. The van der Waals surface area contributed by atoms with Crippen molar-refractivity contribution in [1.82, 2.24) is 0 Å². The number of hydrogen-bond donors (Lipinski definition) is 0. The molecule has 0 saturated carbocycles. The molecule has 0 bridgehead atoms. The van der Waals surface area contributed by atoms with Crippen LogP contribution in [0.15, 0.2) is 54.6 Å². The van der Waals surface area contributed by atoms with Gasteiger partial charge in [0.15, 0.2) is 11.6 Å². The van der Waals surface area contributed by atoms with E-state index < -0.39 is 5.82 Å². The van der Waals surface area contributed by atoms with E-state index in [2.05, 4.69) is 11.3 Å². The Balaban J connectivity index is 2.13. The van der Waals surface area contributed by atoms with Crippen molar-refractivity contribution < 1.29 is 23.5 Å². The molecule has 0 saturated heterocycles. The van der Waals surface area contributed by atoms with E-state index in [0.717, 1.165) is 11.1 Å². The lowest BCUT2D eigenvalue weighted by Crippen LogP contribution is -2.07. The summed E-state index contributed by atoms with van der Waals surface area (Å²) in [6.07, 6.45) is 0.158. The quantitative estimate of drug-likeness (QED) is 0.351. The molecular formula is C18H15FO4. The van der Waals surface area contributed by atoms with Crippen LogP contribution < -0.4 is 9.47 Å². The number of rotatable bonds is 6. The molecule has 5 heteroatoms. The van der Waals surface area contributed by atoms with E-state index in [4.69, 9.17) is 4.74 Å². The lowest BCUT2D eigenvalue weighted by molar-refractivity contribution is -0.133. The van der Waals surface area contributed by atoms with Crippen molar-refractivity contribution in [3.05, 3.63) is 60.4 Å². The highest BCUT2D eigenvalue weighted by Gasteiger charge is 2.08. The van der Waals surface area contributed by atoms with Gasteiger partial charge in [-0.1, -0.05) is 30.4 Å². The largest absolute Gasteiger partial charge is 0.426 e. The van der Waals surface area contributed by atoms with Crippen molar-refractivity contribution in [2.75, 3.05) is 0 Å². The number of esters is 1. The van der Waals surface area contributed by atoms with Crippen molar-refractivity contribution in [1.29, 1.82) is 0 Å². The normalized spacial score (nSPS) is 10.0. The van der Waals surface area contributed by atoms with Crippen LogP contribution in [0.5, 0.6) is 11.5 Å². The number of ether oxygens (including phenoxy) is 2. The first kappa shape index (κ1) is 16.4. The van der Waals surface area contributed by atoms with Gasteiger partial charge in [-0.05, 0) is 42.3 Å². The Morgan fingerprint density at radius 1 is 1.17 bits per heavy atom. The van der Waals surface area contributed by atoms with Gasteiger partial charge in [-0.2, -0.15) is 0 Å². The molecule has 0 N–H and O–H groups in total. The smallest absolute Gasteiger partial charge is 0.315 e. The SMILES string of the molecule is C=C(C)CC(=O)Oc1ccc(-c2ccc(OC=O)c(F)c2)cc1. The van der Waals surface area contributed by atoms with E-state index in [0.29, 0.717) is 11.3 Å². The fourth-order valence-corrected chi connectivity index (χ4v) is 1.96. The molecule has 4 nitrogen and oxygen atoms in total. The lowest BCUT2D eigenvalue weighted by Gasteiger charge is -2.07. The Morgan fingerprint density at radius 3 is 2.39 bits per heavy atom. The number of halogens is 1. The average Bonchev–Trinajstić information content (AvgIpc) is 2.49. The molecule has 23 heavy (non-hydrogen) atoms. The minimum atomic E-state index is -0.633. The zero-order chi connectivity index (χ0) is 16.8. The fraction of sp³-hybridized carbons (Fsp3) is 0.111. The first-order valence-corrected chi connectivity index (χ1v) is 6.85. The number of carbonyl (C=O) groups is 2. The maximum atomic E-state index is 13.7. The van der Waals surface area contributed by atoms with Crippen LogP contribution in [0.1, 0.15) is 13.3 Å². The Kier molecular flexibility index (Phi) is 5.25. The van der Waals surface area contributed by atoms with Crippen LogP contribution in [0.3, 0.4) is 0 Å². The summed E-state index contributed by atoms with van der Waals surface area (Å²) in [5.74, 6) is -0.742. The molecule has 0 aliphatic carbocycles. The monoisotopic (exact) mass is 314 g/mol. The van der Waals surface area contributed by atoms with Crippen molar-refractivity contribution in [3.8, 4) is 22.6 Å². The molecule has 118 valence electrons. The molecule has 0 aliphatic rings. The van der Waals surface area contributed by atoms with E-state index in [1.54, 1.807) is 37.3 Å². The van der Waals surface area contributed by atoms with Crippen LogP contribution in [-0.2, 0) is 9.59 Å². The highest BCUT2D eigenvalue weighted by atomic mass is 19.1. The number of carbonyl (C=O) groups excluding carboxylic acids is 2. The van der Waals surface area contributed by atoms with Gasteiger partial charge in [-0.3, -0.25) is 9.59 Å². The highest BCUT2D eigenvalue weighted by Crippen LogP contribution is 2.27. The average molecular weight is 314 g/mol. The Bertz CT molecular complexity index is 735. The second kappa shape index (κ2) is 7.35. The third-order valence-electron chi connectivity index (χ3n) is 2.97. The topological polar surface area (TPSA) is 52.6 Å². The third kappa shape index (κ3) is 4.51. The summed E-state index contributed by atoms with van der Waals surface area (Å²) in [4.78, 5) is 21.8. The molecule has 0 aromatic heterocycles. The van der Waals surface area contributed by atoms with Gasteiger partial charge in [-0.15, -0.1) is 0 Å². The van der Waals surface area contributed by atoms with Crippen molar-refractivity contribution in [3.63, 3.8) is 0 Å². The van der Waals surface area contributed by atoms with Crippen LogP contribution in [0.4, 0.5) is 4.39 Å². The van der Waals surface area contributed by atoms with Crippen LogP contribution in [0.2, 0.25) is 0 Å². The van der Waals surface area contributed by atoms with Crippen LogP contribution in [0, 0.1) is 5.82 Å². The van der Waals surface area contributed by atoms with Gasteiger partial charge < -0.3 is 9.47 Å². The molecular weight excluding hydrogens is 299 g/mol. The number of benzene rings is 2. The lowest BCUT2D eigenvalue weighted by atomic mass is 10.1. The molecule has 2 rings (SSSR count). The third-order valence-corrected chi connectivity index (χ3v) is 2.97. The standard InChI is InChI=1S/C18H15FO4/c1-12(2)9-18(21)23-15-6-3-13(4-7-15)14-5-8-17(22-11-20)16(19)10-14/h3-8,10-11H,1,9H2,2H3. The maximum absolute atomic E-state index is 13.7. The van der Waals surface area contributed by atoms with Gasteiger partial charge >= 0.3 is 5.97 Å². The second-order valence-corrected chi connectivity index (χ2v) is 4.99. The maximum Gasteiger partial charge on any atom is 0.315 e. The van der Waals surface area contributed by atoms with E-state index in [1.807, 2.05) is 0 Å². The van der Waals surface area contributed by atoms with Gasteiger partial charge in [-0.25, -0.2) is 4.39 Å². The molecule has 0 atom stereocenters. The van der Waals surface area contributed by atoms with Gasteiger partial charge in [0.1, 0.15) is 5.75 Å². The highest BCUT2D eigenvalue weighted by molar-refractivity contribution is 5.75.